The van der Waals surface area contributed by atoms with Gasteiger partial charge < -0.3 is 10.4 Å². The standard InChI is InChI=1S/C15H12FNO3S/c16-12-3-1-10(2-4-12)8-17-15(20)11-7-13(21-9-11)5-6-14(18)19/h1-7,9H,8H2,(H,17,20)(H,18,19). The highest BCUT2D eigenvalue weighted by atomic mass is 32.1. The predicted octanol–water partition coefficient (Wildman–Crippen LogP) is 2.92. The molecule has 2 aromatic rings. The van der Waals surface area contributed by atoms with Crippen LogP contribution in [0.4, 0.5) is 4.39 Å². The third-order valence-corrected chi connectivity index (χ3v) is 3.54. The van der Waals surface area contributed by atoms with E-state index < -0.39 is 5.97 Å². The second-order valence-electron chi connectivity index (χ2n) is 4.22. The first kappa shape index (κ1) is 14.9. The number of thiophene rings is 1. The zero-order chi connectivity index (χ0) is 15.2. The van der Waals surface area contributed by atoms with E-state index in [0.29, 0.717) is 17.0 Å². The molecule has 0 radical (unpaired) electrons. The predicted molar refractivity (Wildman–Crippen MR) is 78.6 cm³/mol. The summed E-state index contributed by atoms with van der Waals surface area (Å²) in [4.78, 5) is 23.0. The fraction of sp³-hybridized carbons (Fsp3) is 0.0667. The molecule has 0 aliphatic heterocycles. The van der Waals surface area contributed by atoms with E-state index in [-0.39, 0.29) is 11.7 Å². The van der Waals surface area contributed by atoms with E-state index in [1.807, 2.05) is 0 Å². The van der Waals surface area contributed by atoms with Crippen LogP contribution in [0.5, 0.6) is 0 Å². The smallest absolute Gasteiger partial charge is 0.328 e. The summed E-state index contributed by atoms with van der Waals surface area (Å²) in [5.41, 5.74) is 1.26. The number of carboxylic acids is 1. The molecule has 0 atom stereocenters. The summed E-state index contributed by atoms with van der Waals surface area (Å²) in [6.45, 7) is 0.301. The van der Waals surface area contributed by atoms with Crippen molar-refractivity contribution in [1.29, 1.82) is 0 Å². The lowest BCUT2D eigenvalue weighted by Gasteiger charge is -2.03. The van der Waals surface area contributed by atoms with Gasteiger partial charge in [-0.15, -0.1) is 11.3 Å². The maximum Gasteiger partial charge on any atom is 0.328 e. The second kappa shape index (κ2) is 6.81. The summed E-state index contributed by atoms with van der Waals surface area (Å²) >= 11 is 1.28. The Hall–Kier alpha value is -2.47. The number of carboxylic acid groups (broad SMARTS) is 1. The molecule has 4 nitrogen and oxygen atoms in total. The maximum atomic E-state index is 12.7. The molecule has 0 spiro atoms. The number of hydrogen-bond acceptors (Lipinski definition) is 3. The van der Waals surface area contributed by atoms with Crippen molar-refractivity contribution in [2.45, 2.75) is 6.54 Å². The van der Waals surface area contributed by atoms with Gasteiger partial charge >= 0.3 is 5.97 Å². The Morgan fingerprint density at radius 3 is 2.67 bits per heavy atom. The summed E-state index contributed by atoms with van der Waals surface area (Å²) in [6, 6.07) is 7.49. The summed E-state index contributed by atoms with van der Waals surface area (Å²) in [7, 11) is 0. The van der Waals surface area contributed by atoms with Gasteiger partial charge in [0.1, 0.15) is 5.82 Å². The lowest BCUT2D eigenvalue weighted by molar-refractivity contribution is -0.131. The van der Waals surface area contributed by atoms with Gasteiger partial charge in [-0.3, -0.25) is 4.79 Å². The highest BCUT2D eigenvalue weighted by Crippen LogP contribution is 2.16. The minimum Gasteiger partial charge on any atom is -0.478 e. The molecule has 1 heterocycles. The van der Waals surface area contributed by atoms with Crippen LogP contribution < -0.4 is 5.32 Å². The molecule has 0 unspecified atom stereocenters. The minimum absolute atomic E-state index is 0.259. The van der Waals surface area contributed by atoms with Crippen molar-refractivity contribution >= 4 is 29.3 Å². The molecule has 2 N–H and O–H groups in total. The number of aliphatic carboxylic acids is 1. The number of nitrogens with one attached hydrogen (secondary N) is 1. The van der Waals surface area contributed by atoms with E-state index in [4.69, 9.17) is 5.11 Å². The van der Waals surface area contributed by atoms with Crippen LogP contribution in [0, 0.1) is 5.82 Å². The molecule has 0 saturated carbocycles. The van der Waals surface area contributed by atoms with E-state index in [9.17, 15) is 14.0 Å². The van der Waals surface area contributed by atoms with Gasteiger partial charge in [-0.05, 0) is 29.8 Å². The number of benzene rings is 1. The number of rotatable bonds is 5. The number of amides is 1. The van der Waals surface area contributed by atoms with E-state index in [2.05, 4.69) is 5.32 Å². The fourth-order valence-corrected chi connectivity index (χ4v) is 2.38. The topological polar surface area (TPSA) is 66.4 Å². The van der Waals surface area contributed by atoms with Gasteiger partial charge in [0.2, 0.25) is 0 Å². The van der Waals surface area contributed by atoms with Gasteiger partial charge in [0.05, 0.1) is 5.56 Å². The van der Waals surface area contributed by atoms with Crippen molar-refractivity contribution in [3.05, 3.63) is 63.6 Å². The van der Waals surface area contributed by atoms with Crippen LogP contribution in [0.1, 0.15) is 20.8 Å². The Balaban J connectivity index is 1.94. The third kappa shape index (κ3) is 4.54. The van der Waals surface area contributed by atoms with Crippen LogP contribution in [0.25, 0.3) is 6.08 Å². The van der Waals surface area contributed by atoms with Gasteiger partial charge in [-0.25, -0.2) is 9.18 Å². The summed E-state index contributed by atoms with van der Waals surface area (Å²) < 4.78 is 12.7. The van der Waals surface area contributed by atoms with Crippen LogP contribution in [0.15, 0.2) is 41.8 Å². The Morgan fingerprint density at radius 1 is 1.29 bits per heavy atom. The van der Waals surface area contributed by atoms with Crippen molar-refractivity contribution < 1.29 is 19.1 Å². The van der Waals surface area contributed by atoms with Gasteiger partial charge in [0.15, 0.2) is 0 Å². The fourth-order valence-electron chi connectivity index (χ4n) is 1.60. The molecular formula is C15H12FNO3S. The number of carbonyl (C=O) groups excluding carboxylic acids is 1. The Labute approximate surface area is 124 Å². The normalized spacial score (nSPS) is 10.7. The quantitative estimate of drug-likeness (QED) is 0.835. The van der Waals surface area contributed by atoms with Crippen molar-refractivity contribution in [2.75, 3.05) is 0 Å². The average molecular weight is 305 g/mol. The van der Waals surface area contributed by atoms with Crippen LogP contribution in [0.3, 0.4) is 0 Å². The third-order valence-electron chi connectivity index (χ3n) is 2.64. The van der Waals surface area contributed by atoms with Crippen LogP contribution >= 0.6 is 11.3 Å². The summed E-state index contributed by atoms with van der Waals surface area (Å²) in [5.74, 6) is -1.62. The zero-order valence-corrected chi connectivity index (χ0v) is 11.7. The molecule has 0 aliphatic rings. The van der Waals surface area contributed by atoms with Gasteiger partial charge in [0, 0.05) is 22.9 Å². The highest BCUT2D eigenvalue weighted by molar-refractivity contribution is 7.11. The first-order chi connectivity index (χ1) is 10.0. The molecule has 6 heteroatoms. The van der Waals surface area contributed by atoms with Gasteiger partial charge in [-0.1, -0.05) is 12.1 Å². The number of halogens is 1. The van der Waals surface area contributed by atoms with Crippen molar-refractivity contribution in [3.63, 3.8) is 0 Å². The molecule has 1 aromatic heterocycles. The van der Waals surface area contributed by atoms with Crippen LogP contribution in [-0.4, -0.2) is 17.0 Å². The van der Waals surface area contributed by atoms with Crippen molar-refractivity contribution in [2.24, 2.45) is 0 Å². The lowest BCUT2D eigenvalue weighted by Crippen LogP contribution is -2.22. The molecule has 0 aliphatic carbocycles. The molecular weight excluding hydrogens is 293 g/mol. The number of carbonyl (C=O) groups is 2. The lowest BCUT2D eigenvalue weighted by atomic mass is 10.2. The largest absolute Gasteiger partial charge is 0.478 e. The molecule has 0 saturated heterocycles. The van der Waals surface area contributed by atoms with Crippen LogP contribution in [-0.2, 0) is 11.3 Å². The molecule has 0 fully saturated rings. The van der Waals surface area contributed by atoms with E-state index in [1.165, 1.54) is 29.5 Å². The average Bonchev–Trinajstić information content (AvgIpc) is 2.93. The van der Waals surface area contributed by atoms with E-state index in [1.54, 1.807) is 23.6 Å². The Kier molecular flexibility index (Phi) is 4.84. The Bertz CT molecular complexity index is 676. The molecule has 108 valence electrons. The number of hydrogen-bond donors (Lipinski definition) is 2. The minimum atomic E-state index is -1.04. The van der Waals surface area contributed by atoms with Crippen molar-refractivity contribution in [3.8, 4) is 0 Å². The molecule has 1 amide bonds. The summed E-state index contributed by atoms with van der Waals surface area (Å²) in [6.07, 6.45) is 2.45. The SMILES string of the molecule is O=C(O)C=Cc1cc(C(=O)NCc2ccc(F)cc2)cs1. The van der Waals surface area contributed by atoms with Gasteiger partial charge in [-0.2, -0.15) is 0 Å². The summed E-state index contributed by atoms with van der Waals surface area (Å²) in [5, 5.41) is 12.9. The molecule has 2 rings (SSSR count). The van der Waals surface area contributed by atoms with Crippen LogP contribution in [0.2, 0.25) is 0 Å². The van der Waals surface area contributed by atoms with E-state index in [0.717, 1.165) is 11.6 Å². The first-order valence-electron chi connectivity index (χ1n) is 6.07. The van der Waals surface area contributed by atoms with Gasteiger partial charge in [0.25, 0.3) is 5.91 Å². The molecule has 1 aromatic carbocycles. The highest BCUT2D eigenvalue weighted by Gasteiger charge is 2.07. The zero-order valence-electron chi connectivity index (χ0n) is 10.9. The molecule has 0 bridgehead atoms. The first-order valence-corrected chi connectivity index (χ1v) is 6.95. The monoisotopic (exact) mass is 305 g/mol. The maximum absolute atomic E-state index is 12.7. The Morgan fingerprint density at radius 2 is 2.00 bits per heavy atom. The van der Waals surface area contributed by atoms with E-state index >= 15 is 0 Å². The second-order valence-corrected chi connectivity index (χ2v) is 5.16. The molecule has 21 heavy (non-hydrogen) atoms. The van der Waals surface area contributed by atoms with Crippen molar-refractivity contribution in [1.82, 2.24) is 5.32 Å².